The van der Waals surface area contributed by atoms with Gasteiger partial charge in [0.15, 0.2) is 5.03 Å². The van der Waals surface area contributed by atoms with Gasteiger partial charge in [-0.3, -0.25) is 9.59 Å². The summed E-state index contributed by atoms with van der Waals surface area (Å²) < 4.78 is 27.4. The van der Waals surface area contributed by atoms with Crippen molar-refractivity contribution in [2.75, 3.05) is 6.54 Å². The van der Waals surface area contributed by atoms with Crippen molar-refractivity contribution in [1.82, 2.24) is 14.6 Å². The van der Waals surface area contributed by atoms with Crippen molar-refractivity contribution in [3.8, 4) is 0 Å². The number of hydrogen-bond acceptors (Lipinski definition) is 5. The zero-order chi connectivity index (χ0) is 24.3. The molecule has 1 saturated heterocycles. The minimum absolute atomic E-state index is 0.237. The largest absolute Gasteiger partial charge is 0.324 e. The number of pyridine rings is 1. The molecule has 4 rings (SSSR count). The van der Waals surface area contributed by atoms with E-state index in [1.54, 1.807) is 32.0 Å². The van der Waals surface area contributed by atoms with E-state index in [1.807, 2.05) is 42.5 Å². The molecule has 0 radical (unpaired) electrons. The summed E-state index contributed by atoms with van der Waals surface area (Å²) in [5.41, 5.74) is 2.14. The molecule has 176 valence electrons. The SMILES string of the molecule is Cc1ccc(S(=O)(=O)NC(=O)C2(C)CCN2C(=O)c2ccccc2CCc2ccccc2)nc1. The van der Waals surface area contributed by atoms with E-state index >= 15 is 0 Å². The van der Waals surface area contributed by atoms with Crippen molar-refractivity contribution in [2.24, 2.45) is 0 Å². The van der Waals surface area contributed by atoms with E-state index in [0.29, 0.717) is 24.9 Å². The number of aryl methyl sites for hydroxylation is 3. The lowest BCUT2D eigenvalue weighted by Crippen LogP contribution is -2.67. The van der Waals surface area contributed by atoms with Gasteiger partial charge in [0.2, 0.25) is 0 Å². The van der Waals surface area contributed by atoms with Crippen LogP contribution in [0.1, 0.15) is 40.4 Å². The van der Waals surface area contributed by atoms with Crippen LogP contribution < -0.4 is 4.72 Å². The van der Waals surface area contributed by atoms with Crippen LogP contribution in [0.5, 0.6) is 0 Å². The molecule has 7 nitrogen and oxygen atoms in total. The normalized spacial score (nSPS) is 17.6. The van der Waals surface area contributed by atoms with E-state index in [2.05, 4.69) is 9.71 Å². The first-order valence-corrected chi connectivity index (χ1v) is 12.6. The maximum Gasteiger partial charge on any atom is 0.281 e. The molecule has 0 bridgehead atoms. The summed E-state index contributed by atoms with van der Waals surface area (Å²) in [6, 6.07) is 20.3. The molecule has 1 atom stereocenters. The van der Waals surface area contributed by atoms with Gasteiger partial charge in [0, 0.05) is 18.3 Å². The molecule has 2 heterocycles. The third-order valence-corrected chi connectivity index (χ3v) is 7.56. The average molecular weight is 478 g/mol. The molecule has 1 aromatic heterocycles. The first-order chi connectivity index (χ1) is 16.2. The Bertz CT molecular complexity index is 1310. The van der Waals surface area contributed by atoms with Gasteiger partial charge in [-0.2, -0.15) is 8.42 Å². The molecule has 0 saturated carbocycles. The molecule has 1 aliphatic rings. The number of nitrogens with one attached hydrogen (secondary N) is 1. The Morgan fingerprint density at radius 2 is 1.71 bits per heavy atom. The smallest absolute Gasteiger partial charge is 0.281 e. The Kier molecular flexibility index (Phi) is 6.52. The number of nitrogens with zero attached hydrogens (tertiary/aromatic N) is 2. The number of sulfonamides is 1. The fraction of sp³-hybridized carbons (Fsp3) is 0.269. The summed E-state index contributed by atoms with van der Waals surface area (Å²) in [7, 11) is -4.15. The van der Waals surface area contributed by atoms with Crippen molar-refractivity contribution in [3.05, 3.63) is 95.2 Å². The number of likely N-dealkylation sites (tertiary alicyclic amines) is 1. The number of hydrogen-bond donors (Lipinski definition) is 1. The van der Waals surface area contributed by atoms with Crippen LogP contribution in [0.4, 0.5) is 0 Å². The lowest BCUT2D eigenvalue weighted by atomic mass is 9.84. The van der Waals surface area contributed by atoms with Crippen LogP contribution in [0.15, 0.2) is 78.0 Å². The van der Waals surface area contributed by atoms with E-state index in [-0.39, 0.29) is 10.9 Å². The van der Waals surface area contributed by atoms with Crippen molar-refractivity contribution in [3.63, 3.8) is 0 Å². The Morgan fingerprint density at radius 3 is 2.35 bits per heavy atom. The Morgan fingerprint density at radius 1 is 1.00 bits per heavy atom. The van der Waals surface area contributed by atoms with Crippen LogP contribution in [-0.2, 0) is 27.7 Å². The third kappa shape index (κ3) is 4.72. The van der Waals surface area contributed by atoms with Crippen LogP contribution in [0.3, 0.4) is 0 Å². The fourth-order valence-corrected chi connectivity index (χ4v) is 5.04. The number of carbonyl (C=O) groups is 2. The molecule has 1 fully saturated rings. The van der Waals surface area contributed by atoms with E-state index in [1.165, 1.54) is 22.7 Å². The monoisotopic (exact) mass is 477 g/mol. The van der Waals surface area contributed by atoms with Crippen molar-refractivity contribution < 1.29 is 18.0 Å². The predicted molar refractivity (Wildman–Crippen MR) is 129 cm³/mol. The molecular weight excluding hydrogens is 450 g/mol. The van der Waals surface area contributed by atoms with Gasteiger partial charge in [0.1, 0.15) is 5.54 Å². The molecule has 2 aromatic carbocycles. The van der Waals surface area contributed by atoms with Crippen molar-refractivity contribution >= 4 is 21.8 Å². The fourth-order valence-electron chi connectivity index (χ4n) is 4.03. The second-order valence-corrected chi connectivity index (χ2v) is 10.4. The summed E-state index contributed by atoms with van der Waals surface area (Å²) in [4.78, 5) is 31.8. The van der Waals surface area contributed by atoms with Crippen molar-refractivity contribution in [1.29, 1.82) is 0 Å². The van der Waals surface area contributed by atoms with E-state index < -0.39 is 21.5 Å². The van der Waals surface area contributed by atoms with Gasteiger partial charge in [0.05, 0.1) is 0 Å². The maximum absolute atomic E-state index is 13.4. The molecule has 0 spiro atoms. The standard InChI is InChI=1S/C26H27N3O4S/c1-19-12-15-23(27-18-19)34(32,33)28-25(31)26(2)16-17-29(26)24(30)22-11-7-6-10-21(22)14-13-20-8-4-3-5-9-20/h3-12,15,18H,13-14,16-17H2,1-2H3,(H,28,31). The molecule has 0 aliphatic carbocycles. The number of amides is 2. The average Bonchev–Trinajstić information content (AvgIpc) is 2.82. The molecule has 8 heteroatoms. The highest BCUT2D eigenvalue weighted by Crippen LogP contribution is 2.33. The zero-order valence-corrected chi connectivity index (χ0v) is 20.0. The van der Waals surface area contributed by atoms with Gasteiger partial charge in [-0.25, -0.2) is 9.71 Å². The quantitative estimate of drug-likeness (QED) is 0.563. The summed E-state index contributed by atoms with van der Waals surface area (Å²) in [5.74, 6) is -1.02. The second-order valence-electron chi connectivity index (χ2n) is 8.73. The van der Waals surface area contributed by atoms with Gasteiger partial charge in [0.25, 0.3) is 21.8 Å². The molecule has 1 unspecified atom stereocenters. The summed E-state index contributed by atoms with van der Waals surface area (Å²) >= 11 is 0. The maximum atomic E-state index is 13.4. The van der Waals surface area contributed by atoms with Crippen LogP contribution >= 0.6 is 0 Å². The lowest BCUT2D eigenvalue weighted by Gasteiger charge is -2.49. The van der Waals surface area contributed by atoms with E-state index in [0.717, 1.165) is 17.5 Å². The minimum Gasteiger partial charge on any atom is -0.324 e. The molecule has 1 aliphatic heterocycles. The number of rotatable bonds is 7. The number of benzene rings is 2. The van der Waals surface area contributed by atoms with Gasteiger partial charge in [-0.15, -0.1) is 0 Å². The zero-order valence-electron chi connectivity index (χ0n) is 19.2. The van der Waals surface area contributed by atoms with E-state index in [4.69, 9.17) is 0 Å². The topological polar surface area (TPSA) is 96.4 Å². The van der Waals surface area contributed by atoms with Gasteiger partial charge >= 0.3 is 0 Å². The highest BCUT2D eigenvalue weighted by molar-refractivity contribution is 7.90. The van der Waals surface area contributed by atoms with Gasteiger partial charge < -0.3 is 4.90 Å². The Labute approximate surface area is 199 Å². The van der Waals surface area contributed by atoms with E-state index in [9.17, 15) is 18.0 Å². The molecular formula is C26H27N3O4S. The van der Waals surface area contributed by atoms with Crippen LogP contribution in [-0.4, -0.2) is 42.2 Å². The summed E-state index contributed by atoms with van der Waals surface area (Å²) in [5, 5.41) is -0.237. The van der Waals surface area contributed by atoms with Gasteiger partial charge in [-0.05, 0) is 61.9 Å². The number of carbonyl (C=O) groups excluding carboxylic acids is 2. The number of aromatic nitrogens is 1. The Balaban J connectivity index is 1.50. The summed E-state index contributed by atoms with van der Waals surface area (Å²) in [6.45, 7) is 3.76. The highest BCUT2D eigenvalue weighted by Gasteiger charge is 2.51. The molecule has 3 aromatic rings. The first kappa shape index (κ1) is 23.6. The van der Waals surface area contributed by atoms with Crippen LogP contribution in [0.2, 0.25) is 0 Å². The second kappa shape index (κ2) is 9.38. The molecule has 34 heavy (non-hydrogen) atoms. The van der Waals surface area contributed by atoms with Crippen LogP contribution in [0, 0.1) is 6.92 Å². The van der Waals surface area contributed by atoms with Crippen LogP contribution in [0.25, 0.3) is 0 Å². The van der Waals surface area contributed by atoms with Crippen molar-refractivity contribution in [2.45, 2.75) is 43.7 Å². The predicted octanol–water partition coefficient (Wildman–Crippen LogP) is 3.28. The van der Waals surface area contributed by atoms with Gasteiger partial charge in [-0.1, -0.05) is 54.6 Å². The molecule has 2 amide bonds. The summed E-state index contributed by atoms with van der Waals surface area (Å²) in [6.07, 6.45) is 3.25. The third-order valence-electron chi connectivity index (χ3n) is 6.31. The highest BCUT2D eigenvalue weighted by atomic mass is 32.2. The molecule has 1 N–H and O–H groups in total. The Hall–Kier alpha value is -3.52. The minimum atomic E-state index is -4.15. The first-order valence-electron chi connectivity index (χ1n) is 11.1. The lowest BCUT2D eigenvalue weighted by molar-refractivity contribution is -0.135.